The Morgan fingerprint density at radius 1 is 1.18 bits per heavy atom. The van der Waals surface area contributed by atoms with Crippen LogP contribution >= 0.6 is 0 Å². The van der Waals surface area contributed by atoms with Crippen LogP contribution in [0.5, 0.6) is 0 Å². The summed E-state index contributed by atoms with van der Waals surface area (Å²) in [6, 6.07) is 15.1. The van der Waals surface area contributed by atoms with Gasteiger partial charge < -0.3 is 10.2 Å². The number of nitrogens with zero attached hydrogens (tertiary/aromatic N) is 2. The zero-order chi connectivity index (χ0) is 20.1. The number of anilines is 1. The summed E-state index contributed by atoms with van der Waals surface area (Å²) in [4.78, 5) is 25.7. The minimum atomic E-state index is -0.346. The standard InChI is InChI=1S/C22H27N3O3/c1-3-19(17-10-8-16(2)9-11-17)23-22(26)18-12-14-24(15-13-18)20-6-4-5-7-21(20)25(27)28/h4-11,18-19H,3,12-15H2,1-2H3,(H,23,26)/t19-/m0/s1. The Morgan fingerprint density at radius 3 is 2.43 bits per heavy atom. The third-order valence-corrected chi connectivity index (χ3v) is 5.49. The quantitative estimate of drug-likeness (QED) is 0.595. The number of amides is 1. The summed E-state index contributed by atoms with van der Waals surface area (Å²) in [5.41, 5.74) is 3.08. The summed E-state index contributed by atoms with van der Waals surface area (Å²) >= 11 is 0. The maximum Gasteiger partial charge on any atom is 0.292 e. The molecule has 0 spiro atoms. The summed E-state index contributed by atoms with van der Waals surface area (Å²) in [5, 5.41) is 14.5. The lowest BCUT2D eigenvalue weighted by molar-refractivity contribution is -0.384. The Hall–Kier alpha value is -2.89. The first kappa shape index (κ1) is 19.9. The van der Waals surface area contributed by atoms with Crippen LogP contribution in [0.15, 0.2) is 48.5 Å². The van der Waals surface area contributed by atoms with Gasteiger partial charge in [0.15, 0.2) is 0 Å². The molecule has 1 aliphatic rings. The predicted molar refractivity (Wildman–Crippen MR) is 110 cm³/mol. The Bertz CT molecular complexity index is 827. The number of nitro benzene ring substituents is 1. The summed E-state index contributed by atoms with van der Waals surface area (Å²) in [7, 11) is 0. The second kappa shape index (κ2) is 8.87. The third kappa shape index (κ3) is 4.50. The maximum atomic E-state index is 12.8. The second-order valence-electron chi connectivity index (χ2n) is 7.39. The van der Waals surface area contributed by atoms with Gasteiger partial charge >= 0.3 is 0 Å². The minimum absolute atomic E-state index is 0.0151. The van der Waals surface area contributed by atoms with Crippen molar-refractivity contribution in [2.75, 3.05) is 18.0 Å². The number of piperidine rings is 1. The molecule has 1 heterocycles. The molecule has 0 saturated carbocycles. The number of rotatable bonds is 6. The molecule has 28 heavy (non-hydrogen) atoms. The smallest absolute Gasteiger partial charge is 0.292 e. The lowest BCUT2D eigenvalue weighted by atomic mass is 9.94. The normalized spacial score (nSPS) is 15.9. The van der Waals surface area contributed by atoms with Crippen LogP contribution in [-0.4, -0.2) is 23.9 Å². The summed E-state index contributed by atoms with van der Waals surface area (Å²) in [6.07, 6.45) is 2.23. The van der Waals surface area contributed by atoms with E-state index in [9.17, 15) is 14.9 Å². The van der Waals surface area contributed by atoms with Crippen LogP contribution in [0.1, 0.15) is 43.4 Å². The highest BCUT2D eigenvalue weighted by Gasteiger charge is 2.29. The van der Waals surface area contributed by atoms with E-state index < -0.39 is 0 Å². The molecule has 3 rings (SSSR count). The topological polar surface area (TPSA) is 75.5 Å². The average Bonchev–Trinajstić information content (AvgIpc) is 2.72. The van der Waals surface area contributed by atoms with Crippen LogP contribution in [0, 0.1) is 23.0 Å². The highest BCUT2D eigenvalue weighted by molar-refractivity contribution is 5.79. The number of hydrogen-bond acceptors (Lipinski definition) is 4. The molecule has 2 aromatic carbocycles. The Balaban J connectivity index is 1.61. The molecule has 0 bridgehead atoms. The van der Waals surface area contributed by atoms with E-state index in [-0.39, 0.29) is 28.5 Å². The second-order valence-corrected chi connectivity index (χ2v) is 7.39. The molecule has 148 valence electrons. The molecular formula is C22H27N3O3. The Labute approximate surface area is 165 Å². The Kier molecular flexibility index (Phi) is 6.29. The van der Waals surface area contributed by atoms with Gasteiger partial charge in [0.1, 0.15) is 5.69 Å². The van der Waals surface area contributed by atoms with Gasteiger partial charge in [-0.1, -0.05) is 48.9 Å². The molecule has 6 heteroatoms. The van der Waals surface area contributed by atoms with Crippen molar-refractivity contribution in [3.63, 3.8) is 0 Å². The van der Waals surface area contributed by atoms with Gasteiger partial charge in [0.05, 0.1) is 11.0 Å². The lowest BCUT2D eigenvalue weighted by Crippen LogP contribution is -2.41. The highest BCUT2D eigenvalue weighted by Crippen LogP contribution is 2.31. The number of nitro groups is 1. The van der Waals surface area contributed by atoms with Crippen molar-refractivity contribution in [2.24, 2.45) is 5.92 Å². The van der Waals surface area contributed by atoms with Gasteiger partial charge in [-0.2, -0.15) is 0 Å². The van der Waals surface area contributed by atoms with E-state index in [4.69, 9.17) is 0 Å². The van der Waals surface area contributed by atoms with Crippen LogP contribution in [0.25, 0.3) is 0 Å². The van der Waals surface area contributed by atoms with E-state index in [0.717, 1.165) is 12.0 Å². The number of carbonyl (C=O) groups is 1. The van der Waals surface area contributed by atoms with Crippen LogP contribution in [0.2, 0.25) is 0 Å². The minimum Gasteiger partial charge on any atom is -0.366 e. The molecule has 1 saturated heterocycles. The first-order valence-corrected chi connectivity index (χ1v) is 9.85. The molecule has 0 radical (unpaired) electrons. The van der Waals surface area contributed by atoms with Crippen LogP contribution in [0.3, 0.4) is 0 Å². The fourth-order valence-corrected chi connectivity index (χ4v) is 3.78. The monoisotopic (exact) mass is 381 g/mol. The fourth-order valence-electron chi connectivity index (χ4n) is 3.78. The SMILES string of the molecule is CC[C@H](NC(=O)C1CCN(c2ccccc2[N+](=O)[O-])CC1)c1ccc(C)cc1. The van der Waals surface area contributed by atoms with Crippen molar-refractivity contribution in [3.05, 3.63) is 69.8 Å². The van der Waals surface area contributed by atoms with E-state index >= 15 is 0 Å². The fraction of sp³-hybridized carbons (Fsp3) is 0.409. The van der Waals surface area contributed by atoms with E-state index in [2.05, 4.69) is 36.5 Å². The molecule has 2 aromatic rings. The number of hydrogen-bond donors (Lipinski definition) is 1. The van der Waals surface area contributed by atoms with Crippen LogP contribution in [-0.2, 0) is 4.79 Å². The highest BCUT2D eigenvalue weighted by atomic mass is 16.6. The zero-order valence-corrected chi connectivity index (χ0v) is 16.4. The maximum absolute atomic E-state index is 12.8. The molecule has 1 atom stereocenters. The van der Waals surface area contributed by atoms with Gasteiger partial charge in [-0.05, 0) is 37.8 Å². The molecular weight excluding hydrogens is 354 g/mol. The van der Waals surface area contributed by atoms with Crippen molar-refractivity contribution in [1.82, 2.24) is 5.32 Å². The molecule has 1 fully saturated rings. The van der Waals surface area contributed by atoms with Crippen molar-refractivity contribution >= 4 is 17.3 Å². The number of carbonyl (C=O) groups excluding carboxylic acids is 1. The lowest BCUT2D eigenvalue weighted by Gasteiger charge is -2.33. The molecule has 0 aliphatic carbocycles. The van der Waals surface area contributed by atoms with Gasteiger partial charge in [0.2, 0.25) is 5.91 Å². The zero-order valence-electron chi connectivity index (χ0n) is 16.4. The number of aryl methyl sites for hydroxylation is 1. The van der Waals surface area contributed by atoms with E-state index in [1.165, 1.54) is 11.6 Å². The molecule has 1 aliphatic heterocycles. The first-order chi connectivity index (χ1) is 13.5. The van der Waals surface area contributed by atoms with E-state index in [1.54, 1.807) is 12.1 Å². The largest absolute Gasteiger partial charge is 0.366 e. The summed E-state index contributed by atoms with van der Waals surface area (Å²) in [6.45, 7) is 5.41. The van der Waals surface area contributed by atoms with Crippen LogP contribution in [0.4, 0.5) is 11.4 Å². The molecule has 1 amide bonds. The van der Waals surface area contributed by atoms with Crippen molar-refractivity contribution < 1.29 is 9.72 Å². The average molecular weight is 381 g/mol. The number of para-hydroxylation sites is 2. The Morgan fingerprint density at radius 2 is 1.82 bits per heavy atom. The molecule has 6 nitrogen and oxygen atoms in total. The summed E-state index contributed by atoms with van der Waals surface area (Å²) < 4.78 is 0. The molecule has 0 aromatic heterocycles. The summed E-state index contributed by atoms with van der Waals surface area (Å²) in [5.74, 6) is 0.0214. The van der Waals surface area contributed by atoms with Crippen LogP contribution < -0.4 is 10.2 Å². The van der Waals surface area contributed by atoms with E-state index in [1.807, 2.05) is 17.9 Å². The van der Waals surface area contributed by atoms with Crippen molar-refractivity contribution in [3.8, 4) is 0 Å². The van der Waals surface area contributed by atoms with Gasteiger partial charge in [-0.15, -0.1) is 0 Å². The third-order valence-electron chi connectivity index (χ3n) is 5.49. The molecule has 1 N–H and O–H groups in total. The number of nitrogens with one attached hydrogen (secondary N) is 1. The predicted octanol–water partition coefficient (Wildman–Crippen LogP) is 4.39. The van der Waals surface area contributed by atoms with Gasteiger partial charge in [-0.25, -0.2) is 0 Å². The number of benzene rings is 2. The molecule has 0 unspecified atom stereocenters. The van der Waals surface area contributed by atoms with E-state index in [0.29, 0.717) is 31.6 Å². The van der Waals surface area contributed by atoms with Gasteiger partial charge in [-0.3, -0.25) is 14.9 Å². The van der Waals surface area contributed by atoms with Gasteiger partial charge in [0.25, 0.3) is 5.69 Å². The van der Waals surface area contributed by atoms with Crippen molar-refractivity contribution in [1.29, 1.82) is 0 Å². The first-order valence-electron chi connectivity index (χ1n) is 9.85. The van der Waals surface area contributed by atoms with Crippen molar-refractivity contribution in [2.45, 2.75) is 39.2 Å². The van der Waals surface area contributed by atoms with Gasteiger partial charge in [0, 0.05) is 25.1 Å².